The Morgan fingerprint density at radius 2 is 2.05 bits per heavy atom. The fourth-order valence-corrected chi connectivity index (χ4v) is 2.16. The fraction of sp³-hybridized carbons (Fsp3) is 0.133. The van der Waals surface area contributed by atoms with E-state index in [2.05, 4.69) is 0 Å². The van der Waals surface area contributed by atoms with E-state index in [1.54, 1.807) is 28.8 Å². The van der Waals surface area contributed by atoms with Gasteiger partial charge in [0.15, 0.2) is 5.58 Å². The van der Waals surface area contributed by atoms with Gasteiger partial charge in [0, 0.05) is 0 Å². The van der Waals surface area contributed by atoms with Crippen molar-refractivity contribution in [3.63, 3.8) is 0 Å². The zero-order valence-corrected chi connectivity index (χ0v) is 10.5. The summed E-state index contributed by atoms with van der Waals surface area (Å²) in [5.74, 6) is -0.196. The van der Waals surface area contributed by atoms with Crippen LogP contribution in [-0.4, -0.2) is 9.67 Å². The molecule has 0 radical (unpaired) electrons. The van der Waals surface area contributed by atoms with Crippen LogP contribution < -0.4 is 5.76 Å². The first-order valence-corrected chi connectivity index (χ1v) is 6.01. The second-order valence-electron chi connectivity index (χ2n) is 4.60. The number of aromatic hydroxyl groups is 1. The number of aromatic nitrogens is 1. The summed E-state index contributed by atoms with van der Waals surface area (Å²) in [4.78, 5) is 11.9. The summed E-state index contributed by atoms with van der Waals surface area (Å²) in [6, 6.07) is 12.5. The molecule has 0 aliphatic rings. The Bertz CT molecular complexity index is 799. The molecular formula is C15H13NO3. The van der Waals surface area contributed by atoms with Crippen molar-refractivity contribution in [2.24, 2.45) is 0 Å². The molecular weight excluding hydrogens is 242 g/mol. The Kier molecular flexibility index (Phi) is 2.63. The van der Waals surface area contributed by atoms with Gasteiger partial charge in [0.25, 0.3) is 0 Å². The predicted octanol–water partition coefficient (Wildman–Crippen LogP) is 2.66. The number of phenolic OH excluding ortho intramolecular Hbond substituents is 1. The molecule has 1 heterocycles. The first kappa shape index (κ1) is 11.6. The van der Waals surface area contributed by atoms with Gasteiger partial charge in [-0.15, -0.1) is 0 Å². The van der Waals surface area contributed by atoms with E-state index in [1.165, 1.54) is 0 Å². The average molecular weight is 255 g/mol. The number of aryl methyl sites for hydroxylation is 1. The van der Waals surface area contributed by atoms with Crippen LogP contribution >= 0.6 is 0 Å². The second kappa shape index (κ2) is 4.31. The average Bonchev–Trinajstić information content (AvgIpc) is 2.66. The summed E-state index contributed by atoms with van der Waals surface area (Å²) in [5, 5.41) is 9.46. The van der Waals surface area contributed by atoms with Gasteiger partial charge in [0.05, 0.1) is 12.1 Å². The minimum absolute atomic E-state index is 0.189. The molecule has 0 spiro atoms. The maximum atomic E-state index is 11.9. The summed E-state index contributed by atoms with van der Waals surface area (Å²) in [6.45, 7) is 2.35. The van der Waals surface area contributed by atoms with E-state index in [4.69, 9.17) is 4.42 Å². The molecule has 2 aromatic carbocycles. The molecule has 0 saturated carbocycles. The monoisotopic (exact) mass is 255 g/mol. The van der Waals surface area contributed by atoms with E-state index >= 15 is 0 Å². The molecule has 0 saturated heterocycles. The van der Waals surface area contributed by atoms with E-state index in [0.717, 1.165) is 16.6 Å². The summed E-state index contributed by atoms with van der Waals surface area (Å²) >= 11 is 0. The number of fused-ring (bicyclic) bond motifs is 1. The third-order valence-electron chi connectivity index (χ3n) is 3.07. The summed E-state index contributed by atoms with van der Waals surface area (Å²) < 4.78 is 6.77. The van der Waals surface area contributed by atoms with Crippen LogP contribution in [0.3, 0.4) is 0 Å². The second-order valence-corrected chi connectivity index (χ2v) is 4.60. The highest BCUT2D eigenvalue weighted by Gasteiger charge is 2.09. The lowest BCUT2D eigenvalue weighted by Gasteiger charge is -2.03. The lowest BCUT2D eigenvalue weighted by Crippen LogP contribution is -2.14. The normalized spacial score (nSPS) is 11.0. The van der Waals surface area contributed by atoms with Crippen LogP contribution in [0.2, 0.25) is 0 Å². The highest BCUT2D eigenvalue weighted by Crippen LogP contribution is 2.17. The van der Waals surface area contributed by atoms with Gasteiger partial charge in [-0.25, -0.2) is 4.79 Å². The van der Waals surface area contributed by atoms with Gasteiger partial charge < -0.3 is 9.52 Å². The molecule has 0 unspecified atom stereocenters. The molecule has 4 nitrogen and oxygen atoms in total. The number of oxazole rings is 1. The standard InChI is InChI=1S/C15H13NO3/c1-10-5-6-14-13(7-10)16(15(18)19-14)9-11-3-2-4-12(17)8-11/h2-8,17H,9H2,1H3. The number of phenols is 1. The molecule has 3 aromatic rings. The maximum Gasteiger partial charge on any atom is 0.420 e. The van der Waals surface area contributed by atoms with Gasteiger partial charge in [-0.3, -0.25) is 4.57 Å². The van der Waals surface area contributed by atoms with E-state index in [-0.39, 0.29) is 11.5 Å². The molecule has 1 aromatic heterocycles. The molecule has 0 bridgehead atoms. The quantitative estimate of drug-likeness (QED) is 0.766. The Morgan fingerprint density at radius 1 is 1.21 bits per heavy atom. The molecule has 1 N–H and O–H groups in total. The van der Waals surface area contributed by atoms with Gasteiger partial charge in [-0.1, -0.05) is 18.2 Å². The Morgan fingerprint density at radius 3 is 2.84 bits per heavy atom. The molecule has 0 aliphatic carbocycles. The number of rotatable bonds is 2. The highest BCUT2D eigenvalue weighted by atomic mass is 16.4. The van der Waals surface area contributed by atoms with Crippen LogP contribution in [0.4, 0.5) is 0 Å². The van der Waals surface area contributed by atoms with Crippen LogP contribution in [0, 0.1) is 6.92 Å². The summed E-state index contributed by atoms with van der Waals surface area (Å²) in [6.07, 6.45) is 0. The van der Waals surface area contributed by atoms with Gasteiger partial charge in [-0.2, -0.15) is 0 Å². The minimum Gasteiger partial charge on any atom is -0.508 e. The van der Waals surface area contributed by atoms with Crippen LogP contribution in [0.5, 0.6) is 5.75 Å². The maximum absolute atomic E-state index is 11.9. The van der Waals surface area contributed by atoms with Crippen molar-refractivity contribution in [2.75, 3.05) is 0 Å². The third-order valence-corrected chi connectivity index (χ3v) is 3.07. The first-order chi connectivity index (χ1) is 9.13. The number of benzene rings is 2. The van der Waals surface area contributed by atoms with Crippen LogP contribution in [0.15, 0.2) is 51.7 Å². The molecule has 0 atom stereocenters. The van der Waals surface area contributed by atoms with Crippen molar-refractivity contribution in [1.82, 2.24) is 4.57 Å². The molecule has 96 valence electrons. The van der Waals surface area contributed by atoms with Crippen LogP contribution in [0.1, 0.15) is 11.1 Å². The highest BCUT2D eigenvalue weighted by molar-refractivity contribution is 5.73. The van der Waals surface area contributed by atoms with Crippen molar-refractivity contribution in [2.45, 2.75) is 13.5 Å². The smallest absolute Gasteiger partial charge is 0.420 e. The number of nitrogens with zero attached hydrogens (tertiary/aromatic N) is 1. The van der Waals surface area contributed by atoms with E-state index in [1.807, 2.05) is 25.1 Å². The van der Waals surface area contributed by atoms with Crippen LogP contribution in [0.25, 0.3) is 11.1 Å². The largest absolute Gasteiger partial charge is 0.508 e. The number of hydrogen-bond donors (Lipinski definition) is 1. The molecule has 0 fully saturated rings. The Labute approximate surface area is 109 Å². The predicted molar refractivity (Wildman–Crippen MR) is 72.4 cm³/mol. The van der Waals surface area contributed by atoms with E-state index < -0.39 is 0 Å². The molecule has 4 heteroatoms. The van der Waals surface area contributed by atoms with Gasteiger partial charge in [-0.05, 0) is 42.3 Å². The van der Waals surface area contributed by atoms with Crippen molar-refractivity contribution in [3.05, 3.63) is 64.1 Å². The van der Waals surface area contributed by atoms with Crippen molar-refractivity contribution < 1.29 is 9.52 Å². The zero-order chi connectivity index (χ0) is 13.4. The van der Waals surface area contributed by atoms with Crippen molar-refractivity contribution in [1.29, 1.82) is 0 Å². The zero-order valence-electron chi connectivity index (χ0n) is 10.5. The Balaban J connectivity index is 2.12. The fourth-order valence-electron chi connectivity index (χ4n) is 2.16. The van der Waals surface area contributed by atoms with Crippen LogP contribution in [-0.2, 0) is 6.54 Å². The summed E-state index contributed by atoms with van der Waals surface area (Å²) in [5.41, 5.74) is 3.27. The molecule has 0 aliphatic heterocycles. The first-order valence-electron chi connectivity index (χ1n) is 6.01. The van der Waals surface area contributed by atoms with Crippen molar-refractivity contribution >= 4 is 11.1 Å². The minimum atomic E-state index is -0.385. The SMILES string of the molecule is Cc1ccc2oc(=O)n(Cc3cccc(O)c3)c2c1. The van der Waals surface area contributed by atoms with E-state index in [0.29, 0.717) is 12.1 Å². The number of hydrogen-bond acceptors (Lipinski definition) is 3. The summed E-state index contributed by atoms with van der Waals surface area (Å²) in [7, 11) is 0. The topological polar surface area (TPSA) is 55.4 Å². The molecule has 3 rings (SSSR count). The Hall–Kier alpha value is -2.49. The van der Waals surface area contributed by atoms with Gasteiger partial charge in [0.1, 0.15) is 5.75 Å². The lowest BCUT2D eigenvalue weighted by molar-refractivity contribution is 0.473. The molecule has 0 amide bonds. The molecule has 19 heavy (non-hydrogen) atoms. The van der Waals surface area contributed by atoms with E-state index in [9.17, 15) is 9.90 Å². The lowest BCUT2D eigenvalue weighted by atomic mass is 10.2. The van der Waals surface area contributed by atoms with Gasteiger partial charge >= 0.3 is 5.76 Å². The van der Waals surface area contributed by atoms with Crippen molar-refractivity contribution in [3.8, 4) is 5.75 Å². The van der Waals surface area contributed by atoms with Gasteiger partial charge in [0.2, 0.25) is 0 Å². The third kappa shape index (κ3) is 2.12.